The van der Waals surface area contributed by atoms with E-state index in [0.717, 1.165) is 11.1 Å². The molecule has 0 unspecified atom stereocenters. The van der Waals surface area contributed by atoms with Gasteiger partial charge in [0.25, 0.3) is 5.91 Å². The average Bonchev–Trinajstić information content (AvgIpc) is 2.42. The van der Waals surface area contributed by atoms with E-state index in [-0.39, 0.29) is 18.4 Å². The molecule has 1 N–H and O–H groups in total. The van der Waals surface area contributed by atoms with Gasteiger partial charge in [0.15, 0.2) is 0 Å². The van der Waals surface area contributed by atoms with Gasteiger partial charge in [0.05, 0.1) is 23.7 Å². The van der Waals surface area contributed by atoms with Crippen molar-refractivity contribution in [3.63, 3.8) is 0 Å². The number of aryl methyl sites for hydroxylation is 2. The molecule has 1 aromatic rings. The molecular weight excluding hydrogens is 292 g/mol. The van der Waals surface area contributed by atoms with Crippen LogP contribution in [0.1, 0.15) is 21.5 Å². The molecule has 1 rings (SSSR count). The number of rotatable bonds is 6. The summed E-state index contributed by atoms with van der Waals surface area (Å²) >= 11 is 6.11. The Labute approximate surface area is 130 Å². The summed E-state index contributed by atoms with van der Waals surface area (Å²) in [5.74, 6) is -0.507. The summed E-state index contributed by atoms with van der Waals surface area (Å²) in [6, 6.07) is 3.51. The van der Waals surface area contributed by atoms with Crippen molar-refractivity contribution in [2.24, 2.45) is 0 Å². The van der Waals surface area contributed by atoms with Crippen molar-refractivity contribution in [1.29, 1.82) is 0 Å². The summed E-state index contributed by atoms with van der Waals surface area (Å²) in [4.78, 5) is 25.4. The Hall–Kier alpha value is -1.59. The van der Waals surface area contributed by atoms with Crippen LogP contribution in [0.25, 0.3) is 0 Å². The maximum absolute atomic E-state index is 12.3. The van der Waals surface area contributed by atoms with Crippen LogP contribution in [0.2, 0.25) is 5.02 Å². The molecule has 0 aliphatic carbocycles. The first-order valence-corrected chi connectivity index (χ1v) is 7.02. The Kier molecular flexibility index (Phi) is 6.65. The molecule has 21 heavy (non-hydrogen) atoms. The minimum Gasteiger partial charge on any atom is -0.383 e. The molecular formula is C15H21ClN2O3. The number of ether oxygens (including phenoxy) is 1. The zero-order chi connectivity index (χ0) is 16.0. The van der Waals surface area contributed by atoms with Crippen LogP contribution in [-0.4, -0.2) is 50.6 Å². The minimum absolute atomic E-state index is 0.0220. The lowest BCUT2D eigenvalue weighted by molar-refractivity contribution is -0.121. The van der Waals surface area contributed by atoms with Gasteiger partial charge in [-0.2, -0.15) is 0 Å². The molecule has 0 heterocycles. The Morgan fingerprint density at radius 1 is 1.29 bits per heavy atom. The van der Waals surface area contributed by atoms with Crippen LogP contribution >= 0.6 is 11.6 Å². The highest BCUT2D eigenvalue weighted by Crippen LogP contribution is 2.22. The molecule has 6 heteroatoms. The van der Waals surface area contributed by atoms with Crippen molar-refractivity contribution in [3.05, 3.63) is 33.8 Å². The molecule has 2 amide bonds. The van der Waals surface area contributed by atoms with E-state index in [4.69, 9.17) is 16.3 Å². The number of nitrogens with zero attached hydrogens (tertiary/aromatic N) is 1. The minimum atomic E-state index is -0.273. The Morgan fingerprint density at radius 2 is 1.90 bits per heavy atom. The van der Waals surface area contributed by atoms with Gasteiger partial charge in [0.2, 0.25) is 5.91 Å². The average molecular weight is 313 g/mol. The third-order valence-electron chi connectivity index (χ3n) is 3.17. The predicted molar refractivity (Wildman–Crippen MR) is 82.8 cm³/mol. The molecule has 0 saturated carbocycles. The van der Waals surface area contributed by atoms with E-state index in [2.05, 4.69) is 5.32 Å². The van der Waals surface area contributed by atoms with E-state index in [1.807, 2.05) is 13.8 Å². The topological polar surface area (TPSA) is 58.6 Å². The summed E-state index contributed by atoms with van der Waals surface area (Å²) in [5.41, 5.74) is 2.42. The number of amides is 2. The number of benzene rings is 1. The van der Waals surface area contributed by atoms with Gasteiger partial charge in [-0.1, -0.05) is 11.6 Å². The van der Waals surface area contributed by atoms with Crippen LogP contribution in [0.5, 0.6) is 0 Å². The monoisotopic (exact) mass is 312 g/mol. The Balaban J connectivity index is 2.70. The molecule has 1 aromatic carbocycles. The molecule has 0 bridgehead atoms. The fraction of sp³-hybridized carbons (Fsp3) is 0.467. The van der Waals surface area contributed by atoms with Gasteiger partial charge in [-0.05, 0) is 37.1 Å². The summed E-state index contributed by atoms with van der Waals surface area (Å²) in [5, 5.41) is 3.06. The predicted octanol–water partition coefficient (Wildman–Crippen LogP) is 1.79. The quantitative estimate of drug-likeness (QED) is 0.815. The van der Waals surface area contributed by atoms with Crippen molar-refractivity contribution in [3.8, 4) is 0 Å². The lowest BCUT2D eigenvalue weighted by atomic mass is 10.1. The zero-order valence-electron chi connectivity index (χ0n) is 12.8. The van der Waals surface area contributed by atoms with Crippen molar-refractivity contribution in [2.75, 3.05) is 33.9 Å². The first-order valence-electron chi connectivity index (χ1n) is 6.64. The summed E-state index contributed by atoms with van der Waals surface area (Å²) in [7, 11) is 3.13. The van der Waals surface area contributed by atoms with E-state index >= 15 is 0 Å². The molecule has 0 saturated heterocycles. The van der Waals surface area contributed by atoms with Crippen LogP contribution in [-0.2, 0) is 9.53 Å². The highest BCUT2D eigenvalue weighted by molar-refractivity contribution is 6.34. The number of hydrogen-bond acceptors (Lipinski definition) is 3. The van der Waals surface area contributed by atoms with Crippen LogP contribution in [0.4, 0.5) is 0 Å². The van der Waals surface area contributed by atoms with E-state index in [1.165, 1.54) is 4.90 Å². The van der Waals surface area contributed by atoms with Gasteiger partial charge >= 0.3 is 0 Å². The first-order chi connectivity index (χ1) is 9.86. The van der Waals surface area contributed by atoms with E-state index in [0.29, 0.717) is 23.7 Å². The van der Waals surface area contributed by atoms with Crippen molar-refractivity contribution >= 4 is 23.4 Å². The smallest absolute Gasteiger partial charge is 0.255 e. The number of hydrogen-bond donors (Lipinski definition) is 1. The second-order valence-electron chi connectivity index (χ2n) is 4.92. The molecule has 116 valence electrons. The van der Waals surface area contributed by atoms with Gasteiger partial charge in [-0.15, -0.1) is 0 Å². The number of carbonyl (C=O) groups excluding carboxylic acids is 2. The molecule has 0 atom stereocenters. The number of methoxy groups -OCH3 is 1. The van der Waals surface area contributed by atoms with E-state index in [9.17, 15) is 9.59 Å². The standard InChI is InChI=1S/C15H21ClN2O3/c1-10-7-12(13(16)8-11(10)2)15(20)18(3)9-14(19)17-5-6-21-4/h7-8H,5-6,9H2,1-4H3,(H,17,19). The Bertz CT molecular complexity index is 532. The largest absolute Gasteiger partial charge is 0.383 e. The van der Waals surface area contributed by atoms with E-state index < -0.39 is 0 Å². The maximum atomic E-state index is 12.3. The van der Waals surface area contributed by atoms with Gasteiger partial charge in [-0.3, -0.25) is 9.59 Å². The molecule has 0 spiro atoms. The third-order valence-corrected chi connectivity index (χ3v) is 3.48. The SMILES string of the molecule is COCCNC(=O)CN(C)C(=O)c1cc(C)c(C)cc1Cl. The molecule has 0 fully saturated rings. The molecule has 0 aliphatic rings. The first kappa shape index (κ1) is 17.5. The maximum Gasteiger partial charge on any atom is 0.255 e. The summed E-state index contributed by atoms with van der Waals surface area (Å²) in [6.45, 7) is 4.68. The normalized spacial score (nSPS) is 10.3. The third kappa shape index (κ3) is 5.02. The van der Waals surface area contributed by atoms with Gasteiger partial charge in [0, 0.05) is 20.7 Å². The van der Waals surface area contributed by atoms with Crippen molar-refractivity contribution in [2.45, 2.75) is 13.8 Å². The summed E-state index contributed by atoms with van der Waals surface area (Å²) < 4.78 is 4.84. The van der Waals surface area contributed by atoms with Gasteiger partial charge in [0.1, 0.15) is 0 Å². The van der Waals surface area contributed by atoms with Crippen LogP contribution in [0, 0.1) is 13.8 Å². The number of halogens is 1. The van der Waals surface area contributed by atoms with E-state index in [1.54, 1.807) is 26.3 Å². The number of likely N-dealkylation sites (N-methyl/N-ethyl adjacent to an activating group) is 1. The molecule has 5 nitrogen and oxygen atoms in total. The highest BCUT2D eigenvalue weighted by atomic mass is 35.5. The second-order valence-corrected chi connectivity index (χ2v) is 5.33. The fourth-order valence-corrected chi connectivity index (χ4v) is 2.09. The highest BCUT2D eigenvalue weighted by Gasteiger charge is 2.18. The fourth-order valence-electron chi connectivity index (χ4n) is 1.79. The molecule has 0 aromatic heterocycles. The lowest BCUT2D eigenvalue weighted by Gasteiger charge is -2.18. The van der Waals surface area contributed by atoms with Crippen LogP contribution in [0.3, 0.4) is 0 Å². The van der Waals surface area contributed by atoms with Gasteiger partial charge in [-0.25, -0.2) is 0 Å². The van der Waals surface area contributed by atoms with Crippen molar-refractivity contribution in [1.82, 2.24) is 10.2 Å². The summed E-state index contributed by atoms with van der Waals surface area (Å²) in [6.07, 6.45) is 0. The van der Waals surface area contributed by atoms with Crippen LogP contribution < -0.4 is 5.32 Å². The zero-order valence-corrected chi connectivity index (χ0v) is 13.6. The molecule has 0 radical (unpaired) electrons. The van der Waals surface area contributed by atoms with Gasteiger partial charge < -0.3 is 15.0 Å². The molecule has 0 aliphatic heterocycles. The van der Waals surface area contributed by atoms with Crippen molar-refractivity contribution < 1.29 is 14.3 Å². The van der Waals surface area contributed by atoms with Crippen LogP contribution in [0.15, 0.2) is 12.1 Å². The lowest BCUT2D eigenvalue weighted by Crippen LogP contribution is -2.39. The second kappa shape index (κ2) is 8.00. The Morgan fingerprint density at radius 3 is 2.52 bits per heavy atom. The number of nitrogens with one attached hydrogen (secondary N) is 1. The number of carbonyl (C=O) groups is 2.